The number of sulfonamides is 1. The van der Waals surface area contributed by atoms with Crippen molar-refractivity contribution in [3.8, 4) is 11.4 Å². The van der Waals surface area contributed by atoms with E-state index in [4.69, 9.17) is 27.7 Å². The predicted molar refractivity (Wildman–Crippen MR) is 97.5 cm³/mol. The average Bonchev–Trinajstić information content (AvgIpc) is 3.07. The van der Waals surface area contributed by atoms with Crippen molar-refractivity contribution < 1.29 is 17.7 Å². The van der Waals surface area contributed by atoms with Crippen molar-refractivity contribution in [2.75, 3.05) is 0 Å². The SMILES string of the molecule is C=CS(=O)(=O)[NH2+]c1ccc(-c2noc(Cc3ccc(Cl)c(Cl)c3)n2)cn1. The van der Waals surface area contributed by atoms with Gasteiger partial charge in [-0.1, -0.05) is 41.0 Å². The molecule has 0 bridgehead atoms. The summed E-state index contributed by atoms with van der Waals surface area (Å²) >= 11 is 11.9. The van der Waals surface area contributed by atoms with Crippen molar-refractivity contribution in [3.63, 3.8) is 0 Å². The fraction of sp³-hybridized carbons (Fsp3) is 0.0625. The number of halogens is 2. The Hall–Kier alpha value is -2.26. The molecule has 2 N–H and O–H groups in total. The topological polar surface area (TPSA) is 103 Å². The number of quaternary nitrogens is 1. The highest BCUT2D eigenvalue weighted by molar-refractivity contribution is 7.87. The van der Waals surface area contributed by atoms with Crippen LogP contribution in [0.2, 0.25) is 10.0 Å². The largest absolute Gasteiger partial charge is 0.339 e. The van der Waals surface area contributed by atoms with Gasteiger partial charge in [-0.05, 0) is 23.8 Å². The number of hydrogen-bond donors (Lipinski definition) is 1. The van der Waals surface area contributed by atoms with E-state index in [9.17, 15) is 8.42 Å². The highest BCUT2D eigenvalue weighted by Gasteiger charge is 2.14. The lowest BCUT2D eigenvalue weighted by Gasteiger charge is -1.99. The van der Waals surface area contributed by atoms with Gasteiger partial charge in [-0.25, -0.2) is 4.98 Å². The molecule has 0 saturated carbocycles. The van der Waals surface area contributed by atoms with Gasteiger partial charge in [0.15, 0.2) is 0 Å². The van der Waals surface area contributed by atoms with Gasteiger partial charge in [0, 0.05) is 17.8 Å². The van der Waals surface area contributed by atoms with Crippen LogP contribution in [0.4, 0.5) is 5.82 Å². The van der Waals surface area contributed by atoms with Crippen LogP contribution in [0.1, 0.15) is 11.5 Å². The molecule has 0 aliphatic carbocycles. The fourth-order valence-corrected chi connectivity index (χ4v) is 2.98. The monoisotopic (exact) mass is 411 g/mol. The highest BCUT2D eigenvalue weighted by Crippen LogP contribution is 2.24. The van der Waals surface area contributed by atoms with Gasteiger partial charge in [0.1, 0.15) is 0 Å². The van der Waals surface area contributed by atoms with Crippen LogP contribution in [0.5, 0.6) is 0 Å². The lowest BCUT2D eigenvalue weighted by atomic mass is 10.1. The molecule has 0 aliphatic rings. The fourth-order valence-electron chi connectivity index (χ4n) is 2.09. The van der Waals surface area contributed by atoms with Crippen LogP contribution in [-0.4, -0.2) is 23.5 Å². The molecular formula is C16H13Cl2N4O3S+. The third-order valence-corrected chi connectivity index (χ3v) is 5.14. The van der Waals surface area contributed by atoms with Crippen molar-refractivity contribution in [2.24, 2.45) is 0 Å². The summed E-state index contributed by atoms with van der Waals surface area (Å²) in [6.07, 6.45) is 1.87. The van der Waals surface area contributed by atoms with Crippen molar-refractivity contribution in [1.82, 2.24) is 15.1 Å². The minimum absolute atomic E-state index is 0.285. The Morgan fingerprint density at radius 2 is 2.00 bits per heavy atom. The summed E-state index contributed by atoms with van der Waals surface area (Å²) in [7, 11) is -3.48. The molecule has 2 aromatic heterocycles. The third-order valence-electron chi connectivity index (χ3n) is 3.37. The Morgan fingerprint density at radius 3 is 2.65 bits per heavy atom. The van der Waals surface area contributed by atoms with Crippen LogP contribution < -0.4 is 4.72 Å². The normalized spacial score (nSPS) is 11.5. The number of aromatic nitrogens is 3. The first-order chi connectivity index (χ1) is 12.4. The second-order valence-electron chi connectivity index (χ2n) is 5.28. The number of hydrogen-bond acceptors (Lipinski definition) is 6. The number of primary sulfonamides is 1. The van der Waals surface area contributed by atoms with Gasteiger partial charge < -0.3 is 4.52 Å². The summed E-state index contributed by atoms with van der Waals surface area (Å²) in [5.74, 6) is 1.04. The number of benzene rings is 1. The molecule has 10 heteroatoms. The van der Waals surface area contributed by atoms with Crippen molar-refractivity contribution in [3.05, 3.63) is 70.0 Å². The molecule has 0 atom stereocenters. The zero-order valence-corrected chi connectivity index (χ0v) is 15.6. The Labute approximate surface area is 159 Å². The van der Waals surface area contributed by atoms with Crippen LogP contribution >= 0.6 is 23.2 Å². The first kappa shape index (κ1) is 18.5. The summed E-state index contributed by atoms with van der Waals surface area (Å²) in [5.41, 5.74) is 1.48. The maximum atomic E-state index is 11.5. The van der Waals surface area contributed by atoms with E-state index < -0.39 is 10.0 Å². The van der Waals surface area contributed by atoms with E-state index in [1.807, 2.05) is 6.07 Å². The van der Waals surface area contributed by atoms with Gasteiger partial charge in [-0.3, -0.25) is 0 Å². The summed E-state index contributed by atoms with van der Waals surface area (Å²) < 4.78 is 29.2. The minimum Gasteiger partial charge on any atom is -0.339 e. The molecule has 3 rings (SSSR count). The Bertz CT molecular complexity index is 1050. The zero-order valence-electron chi connectivity index (χ0n) is 13.3. The van der Waals surface area contributed by atoms with Gasteiger partial charge in [0.05, 0.1) is 21.9 Å². The van der Waals surface area contributed by atoms with E-state index in [0.717, 1.165) is 15.7 Å². The Morgan fingerprint density at radius 1 is 1.19 bits per heavy atom. The van der Waals surface area contributed by atoms with Gasteiger partial charge in [-0.2, -0.15) is 18.1 Å². The van der Waals surface area contributed by atoms with E-state index in [0.29, 0.717) is 33.7 Å². The second kappa shape index (κ2) is 7.55. The molecule has 0 amide bonds. The molecule has 0 saturated heterocycles. The van der Waals surface area contributed by atoms with E-state index in [2.05, 4.69) is 21.7 Å². The Kier molecular flexibility index (Phi) is 5.38. The molecule has 3 aromatic rings. The maximum absolute atomic E-state index is 11.5. The molecule has 1 aromatic carbocycles. The smallest absolute Gasteiger partial charge is 0.322 e. The summed E-state index contributed by atoms with van der Waals surface area (Å²) in [4.78, 5) is 8.38. The lowest BCUT2D eigenvalue weighted by molar-refractivity contribution is -0.400. The molecule has 0 spiro atoms. The van der Waals surface area contributed by atoms with Crippen molar-refractivity contribution in [1.29, 1.82) is 0 Å². The standard InChI is InChI=1S/C16H12Cl2N4O3S/c1-2-26(23,24)22-14-6-4-11(9-19-14)16-20-15(25-21-16)8-10-3-5-12(17)13(18)7-10/h2-7,9H,1,8H2,(H,19,22)/p+1. The molecule has 7 nitrogen and oxygen atoms in total. The van der Waals surface area contributed by atoms with Crippen LogP contribution in [0, 0.1) is 0 Å². The summed E-state index contributed by atoms with van der Waals surface area (Å²) in [6.45, 7) is 3.25. The number of rotatable bonds is 6. The van der Waals surface area contributed by atoms with E-state index in [1.165, 1.54) is 6.20 Å². The van der Waals surface area contributed by atoms with Gasteiger partial charge in [0.25, 0.3) is 0 Å². The molecule has 0 radical (unpaired) electrons. The van der Waals surface area contributed by atoms with Gasteiger partial charge >= 0.3 is 10.0 Å². The number of nitrogens with zero attached hydrogens (tertiary/aromatic N) is 3. The van der Waals surface area contributed by atoms with Crippen LogP contribution in [-0.2, 0) is 16.4 Å². The van der Waals surface area contributed by atoms with Crippen molar-refractivity contribution in [2.45, 2.75) is 6.42 Å². The second-order valence-corrected chi connectivity index (χ2v) is 7.84. The Balaban J connectivity index is 1.75. The molecule has 0 fully saturated rings. The number of pyridine rings is 1. The maximum Gasteiger partial charge on any atom is 0.322 e. The highest BCUT2D eigenvalue weighted by atomic mass is 35.5. The van der Waals surface area contributed by atoms with Crippen molar-refractivity contribution >= 4 is 39.0 Å². The summed E-state index contributed by atoms with van der Waals surface area (Å²) in [6, 6.07) is 8.47. The van der Waals surface area contributed by atoms with Gasteiger partial charge in [-0.15, -0.1) is 0 Å². The quantitative estimate of drug-likeness (QED) is 0.668. The third kappa shape index (κ3) is 4.47. The number of nitrogens with two attached hydrogens (primary N) is 1. The predicted octanol–water partition coefficient (Wildman–Crippen LogP) is 2.70. The van der Waals surface area contributed by atoms with Crippen LogP contribution in [0.25, 0.3) is 11.4 Å². The van der Waals surface area contributed by atoms with Crippen LogP contribution in [0.3, 0.4) is 0 Å². The minimum atomic E-state index is -3.48. The van der Waals surface area contributed by atoms with Crippen LogP contribution in [0.15, 0.2) is 53.0 Å². The van der Waals surface area contributed by atoms with Gasteiger partial charge in [0.2, 0.25) is 17.5 Å². The van der Waals surface area contributed by atoms with E-state index >= 15 is 0 Å². The summed E-state index contributed by atoms with van der Waals surface area (Å²) in [5, 5.41) is 5.70. The molecule has 2 heterocycles. The molecule has 0 unspecified atom stereocenters. The lowest BCUT2D eigenvalue weighted by Crippen LogP contribution is -2.81. The first-order valence-corrected chi connectivity index (χ1v) is 9.68. The van der Waals surface area contributed by atoms with E-state index in [-0.39, 0.29) is 5.82 Å². The average molecular weight is 412 g/mol. The molecule has 134 valence electrons. The molecule has 0 aliphatic heterocycles. The molecular weight excluding hydrogens is 399 g/mol. The zero-order chi connectivity index (χ0) is 18.7. The molecule has 26 heavy (non-hydrogen) atoms. The first-order valence-electron chi connectivity index (χ1n) is 7.31. The van der Waals surface area contributed by atoms with E-state index in [1.54, 1.807) is 24.3 Å².